The summed E-state index contributed by atoms with van der Waals surface area (Å²) in [6.45, 7) is 0.698. The summed E-state index contributed by atoms with van der Waals surface area (Å²) >= 11 is 0. The first-order chi connectivity index (χ1) is 7.77. The number of nitrogens with zero attached hydrogens (tertiary/aromatic N) is 2. The molecule has 0 aromatic carbocycles. The number of anilines is 1. The quantitative estimate of drug-likeness (QED) is 0.456. The number of hydrogen-bond acceptors (Lipinski definition) is 5. The first-order valence-electron chi connectivity index (χ1n) is 4.85. The Morgan fingerprint density at radius 2 is 2.44 bits per heavy atom. The molecule has 0 radical (unpaired) electrons. The summed E-state index contributed by atoms with van der Waals surface area (Å²) < 4.78 is 4.54. The van der Waals surface area contributed by atoms with Crippen LogP contribution in [0.25, 0.3) is 0 Å². The van der Waals surface area contributed by atoms with Gasteiger partial charge in [0.15, 0.2) is 5.69 Å². The van der Waals surface area contributed by atoms with Gasteiger partial charge in [0.05, 0.1) is 19.5 Å². The van der Waals surface area contributed by atoms with Crippen LogP contribution in [-0.2, 0) is 4.74 Å². The van der Waals surface area contributed by atoms with Crippen molar-refractivity contribution in [3.63, 3.8) is 0 Å². The molecule has 1 rings (SSSR count). The third-order valence-electron chi connectivity index (χ3n) is 1.83. The van der Waals surface area contributed by atoms with E-state index >= 15 is 0 Å². The van der Waals surface area contributed by atoms with Gasteiger partial charge in [0.25, 0.3) is 0 Å². The SMILES string of the molecule is C#CCCCNc1cncc(C(=O)OC)n1. The van der Waals surface area contributed by atoms with Gasteiger partial charge in [-0.2, -0.15) is 0 Å². The molecule has 1 N–H and O–H groups in total. The van der Waals surface area contributed by atoms with E-state index in [0.717, 1.165) is 6.42 Å². The minimum atomic E-state index is -0.500. The molecule has 84 valence electrons. The predicted octanol–water partition coefficient (Wildman–Crippen LogP) is 1.09. The van der Waals surface area contributed by atoms with Gasteiger partial charge < -0.3 is 10.1 Å². The Hall–Kier alpha value is -2.09. The number of hydrogen-bond donors (Lipinski definition) is 1. The summed E-state index contributed by atoms with van der Waals surface area (Å²) in [4.78, 5) is 19.1. The van der Waals surface area contributed by atoms with Crippen LogP contribution in [0.15, 0.2) is 12.4 Å². The Balaban J connectivity index is 2.54. The highest BCUT2D eigenvalue weighted by Crippen LogP contribution is 2.03. The average Bonchev–Trinajstić information content (AvgIpc) is 2.34. The fourth-order valence-electron chi connectivity index (χ4n) is 1.06. The van der Waals surface area contributed by atoms with Crippen LogP contribution >= 0.6 is 0 Å². The Labute approximate surface area is 94.2 Å². The highest BCUT2D eigenvalue weighted by molar-refractivity contribution is 5.87. The molecule has 0 spiro atoms. The second-order valence-corrected chi connectivity index (χ2v) is 3.02. The number of esters is 1. The van der Waals surface area contributed by atoms with Crippen LogP contribution in [0.1, 0.15) is 23.3 Å². The number of aromatic nitrogens is 2. The molecule has 0 aliphatic heterocycles. The molecule has 0 unspecified atom stereocenters. The lowest BCUT2D eigenvalue weighted by Crippen LogP contribution is -2.09. The van der Waals surface area contributed by atoms with Gasteiger partial charge >= 0.3 is 5.97 Å². The van der Waals surface area contributed by atoms with Crippen LogP contribution in [0.3, 0.4) is 0 Å². The van der Waals surface area contributed by atoms with Crippen LogP contribution in [0.2, 0.25) is 0 Å². The van der Waals surface area contributed by atoms with E-state index in [4.69, 9.17) is 6.42 Å². The van der Waals surface area contributed by atoms with Gasteiger partial charge in [-0.05, 0) is 6.42 Å². The van der Waals surface area contributed by atoms with Gasteiger partial charge in [-0.25, -0.2) is 9.78 Å². The van der Waals surface area contributed by atoms with E-state index < -0.39 is 5.97 Å². The standard InChI is InChI=1S/C11H13N3O2/c1-3-4-5-6-13-10-8-12-7-9(14-10)11(15)16-2/h1,7-8H,4-6H2,2H3,(H,13,14). The Bertz CT molecular complexity index is 398. The van der Waals surface area contributed by atoms with Crippen molar-refractivity contribution in [3.8, 4) is 12.3 Å². The number of carbonyl (C=O) groups is 1. The molecule has 1 aromatic heterocycles. The number of nitrogens with one attached hydrogen (secondary N) is 1. The van der Waals surface area contributed by atoms with Crippen molar-refractivity contribution >= 4 is 11.8 Å². The number of unbranched alkanes of at least 4 members (excludes halogenated alkanes) is 1. The van der Waals surface area contributed by atoms with E-state index in [1.807, 2.05) is 0 Å². The van der Waals surface area contributed by atoms with Crippen LogP contribution in [0.4, 0.5) is 5.82 Å². The van der Waals surface area contributed by atoms with Gasteiger partial charge in [0.1, 0.15) is 5.82 Å². The van der Waals surface area contributed by atoms with Crippen LogP contribution in [-0.4, -0.2) is 29.6 Å². The van der Waals surface area contributed by atoms with Crippen molar-refractivity contribution in [1.29, 1.82) is 0 Å². The molecule has 0 amide bonds. The zero-order valence-corrected chi connectivity index (χ0v) is 9.06. The molecular weight excluding hydrogens is 206 g/mol. The first kappa shape index (κ1) is 12.0. The Morgan fingerprint density at radius 1 is 1.62 bits per heavy atom. The highest BCUT2D eigenvalue weighted by atomic mass is 16.5. The molecule has 0 atom stereocenters. The smallest absolute Gasteiger partial charge is 0.358 e. The molecule has 5 heteroatoms. The molecule has 5 nitrogen and oxygen atoms in total. The monoisotopic (exact) mass is 219 g/mol. The molecule has 0 saturated heterocycles. The van der Waals surface area contributed by atoms with E-state index in [1.165, 1.54) is 13.3 Å². The number of ether oxygens (including phenoxy) is 1. The summed E-state index contributed by atoms with van der Waals surface area (Å²) in [7, 11) is 1.30. The summed E-state index contributed by atoms with van der Waals surface area (Å²) in [5.41, 5.74) is 0.185. The maximum absolute atomic E-state index is 11.2. The molecule has 1 heterocycles. The summed E-state index contributed by atoms with van der Waals surface area (Å²) in [5.74, 6) is 2.58. The van der Waals surface area contributed by atoms with E-state index in [1.54, 1.807) is 6.20 Å². The number of carbonyl (C=O) groups excluding carboxylic acids is 1. The van der Waals surface area contributed by atoms with Gasteiger partial charge in [0.2, 0.25) is 0 Å². The van der Waals surface area contributed by atoms with Crippen LogP contribution in [0, 0.1) is 12.3 Å². The Kier molecular flexibility index (Phi) is 4.80. The lowest BCUT2D eigenvalue weighted by Gasteiger charge is -2.04. The zero-order chi connectivity index (χ0) is 11.8. The second kappa shape index (κ2) is 6.40. The molecular formula is C11H13N3O2. The normalized spacial score (nSPS) is 9.25. The van der Waals surface area contributed by atoms with Crippen LogP contribution in [0.5, 0.6) is 0 Å². The number of rotatable bonds is 5. The van der Waals surface area contributed by atoms with E-state index in [0.29, 0.717) is 18.8 Å². The summed E-state index contributed by atoms with van der Waals surface area (Å²) in [6.07, 6.45) is 9.58. The van der Waals surface area contributed by atoms with Crippen molar-refractivity contribution in [2.45, 2.75) is 12.8 Å². The second-order valence-electron chi connectivity index (χ2n) is 3.02. The maximum Gasteiger partial charge on any atom is 0.358 e. The first-order valence-corrected chi connectivity index (χ1v) is 4.85. The van der Waals surface area contributed by atoms with E-state index in [2.05, 4.69) is 25.9 Å². The Morgan fingerprint density at radius 3 is 3.12 bits per heavy atom. The summed E-state index contributed by atoms with van der Waals surface area (Å²) in [5, 5.41) is 3.02. The molecule has 1 aromatic rings. The van der Waals surface area contributed by atoms with Crippen molar-refractivity contribution in [1.82, 2.24) is 9.97 Å². The topological polar surface area (TPSA) is 64.1 Å². The lowest BCUT2D eigenvalue weighted by molar-refractivity contribution is 0.0593. The van der Waals surface area contributed by atoms with Gasteiger partial charge in [0, 0.05) is 13.0 Å². The van der Waals surface area contributed by atoms with E-state index in [-0.39, 0.29) is 5.69 Å². The minimum Gasteiger partial charge on any atom is -0.464 e. The molecule has 0 aliphatic rings. The van der Waals surface area contributed by atoms with Gasteiger partial charge in [-0.1, -0.05) is 0 Å². The van der Waals surface area contributed by atoms with Crippen molar-refractivity contribution in [3.05, 3.63) is 18.1 Å². The van der Waals surface area contributed by atoms with Crippen molar-refractivity contribution in [2.75, 3.05) is 19.0 Å². The molecule has 0 aliphatic carbocycles. The predicted molar refractivity (Wildman–Crippen MR) is 59.9 cm³/mol. The molecule has 16 heavy (non-hydrogen) atoms. The third kappa shape index (κ3) is 3.58. The maximum atomic E-state index is 11.2. The molecule has 0 saturated carbocycles. The lowest BCUT2D eigenvalue weighted by atomic mass is 10.3. The fourth-order valence-corrected chi connectivity index (χ4v) is 1.06. The van der Waals surface area contributed by atoms with Crippen molar-refractivity contribution in [2.24, 2.45) is 0 Å². The number of terminal acetylenes is 1. The van der Waals surface area contributed by atoms with Gasteiger partial charge in [-0.15, -0.1) is 12.3 Å². The fraction of sp³-hybridized carbons (Fsp3) is 0.364. The summed E-state index contributed by atoms with van der Waals surface area (Å²) in [6, 6.07) is 0. The number of methoxy groups -OCH3 is 1. The molecule has 0 bridgehead atoms. The average molecular weight is 219 g/mol. The largest absolute Gasteiger partial charge is 0.464 e. The van der Waals surface area contributed by atoms with Gasteiger partial charge in [-0.3, -0.25) is 4.98 Å². The minimum absolute atomic E-state index is 0.185. The van der Waals surface area contributed by atoms with Crippen molar-refractivity contribution < 1.29 is 9.53 Å². The van der Waals surface area contributed by atoms with E-state index in [9.17, 15) is 4.79 Å². The highest BCUT2D eigenvalue weighted by Gasteiger charge is 2.07. The third-order valence-corrected chi connectivity index (χ3v) is 1.83. The van der Waals surface area contributed by atoms with Crippen LogP contribution < -0.4 is 5.32 Å². The zero-order valence-electron chi connectivity index (χ0n) is 9.06. The molecule has 0 fully saturated rings.